The standard InChI is InChI=1S/C15H21ClN2O3/c1-4-17-12-6-5-10(16)7-11(12)15(19)18-8-13(20-2)14(9-18)21-3/h5-7,13-14,17H,4,8-9H2,1-3H3. The van der Waals surface area contributed by atoms with E-state index in [1.807, 2.05) is 13.0 Å². The summed E-state index contributed by atoms with van der Waals surface area (Å²) in [6.07, 6.45) is -0.193. The third-order valence-corrected chi connectivity index (χ3v) is 3.92. The molecule has 1 aliphatic heterocycles. The van der Waals surface area contributed by atoms with Gasteiger partial charge in [-0.05, 0) is 25.1 Å². The zero-order valence-corrected chi connectivity index (χ0v) is 13.3. The molecule has 1 heterocycles. The number of hydrogen-bond donors (Lipinski definition) is 1. The summed E-state index contributed by atoms with van der Waals surface area (Å²) in [6.45, 7) is 3.77. The van der Waals surface area contributed by atoms with Gasteiger partial charge < -0.3 is 19.7 Å². The Morgan fingerprint density at radius 3 is 2.48 bits per heavy atom. The van der Waals surface area contributed by atoms with E-state index in [-0.39, 0.29) is 18.1 Å². The number of nitrogens with one attached hydrogen (secondary N) is 1. The summed E-state index contributed by atoms with van der Waals surface area (Å²) in [5.74, 6) is -0.0601. The second kappa shape index (κ2) is 7.11. The maximum Gasteiger partial charge on any atom is 0.256 e. The zero-order valence-electron chi connectivity index (χ0n) is 12.6. The number of nitrogens with zero attached hydrogens (tertiary/aromatic N) is 1. The minimum atomic E-state index is -0.0966. The lowest BCUT2D eigenvalue weighted by Gasteiger charge is -2.18. The van der Waals surface area contributed by atoms with E-state index in [0.29, 0.717) is 23.7 Å². The summed E-state index contributed by atoms with van der Waals surface area (Å²) >= 11 is 6.03. The van der Waals surface area contributed by atoms with E-state index in [4.69, 9.17) is 21.1 Å². The van der Waals surface area contributed by atoms with Gasteiger partial charge in [0.2, 0.25) is 0 Å². The predicted octanol–water partition coefficient (Wildman–Crippen LogP) is 2.26. The van der Waals surface area contributed by atoms with E-state index >= 15 is 0 Å². The highest BCUT2D eigenvalue weighted by Crippen LogP contribution is 2.25. The van der Waals surface area contributed by atoms with Crippen LogP contribution in [0, 0.1) is 0 Å². The number of methoxy groups -OCH3 is 2. The highest BCUT2D eigenvalue weighted by molar-refractivity contribution is 6.31. The van der Waals surface area contributed by atoms with Gasteiger partial charge in [-0.1, -0.05) is 11.6 Å². The Hall–Kier alpha value is -1.30. The van der Waals surface area contributed by atoms with Crippen molar-refractivity contribution in [2.24, 2.45) is 0 Å². The van der Waals surface area contributed by atoms with Gasteiger partial charge in [0, 0.05) is 44.6 Å². The molecule has 1 saturated heterocycles. The number of carbonyl (C=O) groups excluding carboxylic acids is 1. The molecular weight excluding hydrogens is 292 g/mol. The second-order valence-electron chi connectivity index (χ2n) is 4.98. The number of likely N-dealkylation sites (tertiary alicyclic amines) is 1. The van der Waals surface area contributed by atoms with Crippen molar-refractivity contribution in [2.75, 3.05) is 39.2 Å². The summed E-state index contributed by atoms with van der Waals surface area (Å²) in [6, 6.07) is 5.30. The quantitative estimate of drug-likeness (QED) is 0.906. The molecule has 0 bridgehead atoms. The van der Waals surface area contributed by atoms with Gasteiger partial charge in [-0.3, -0.25) is 4.79 Å². The van der Waals surface area contributed by atoms with Crippen LogP contribution in [0.15, 0.2) is 18.2 Å². The first-order valence-electron chi connectivity index (χ1n) is 6.99. The van der Waals surface area contributed by atoms with Crippen LogP contribution < -0.4 is 5.32 Å². The van der Waals surface area contributed by atoms with Crippen LogP contribution in [0.2, 0.25) is 5.02 Å². The SMILES string of the molecule is CCNc1ccc(Cl)cc1C(=O)N1CC(OC)C(OC)C1. The van der Waals surface area contributed by atoms with Gasteiger partial charge in [0.25, 0.3) is 5.91 Å². The Morgan fingerprint density at radius 1 is 1.33 bits per heavy atom. The number of rotatable bonds is 5. The van der Waals surface area contributed by atoms with Crippen molar-refractivity contribution < 1.29 is 14.3 Å². The molecule has 0 saturated carbocycles. The highest BCUT2D eigenvalue weighted by Gasteiger charge is 2.36. The Kier molecular flexibility index (Phi) is 5.45. The Bertz CT molecular complexity index is 498. The lowest BCUT2D eigenvalue weighted by atomic mass is 10.1. The molecule has 0 aliphatic carbocycles. The molecular formula is C15H21ClN2O3. The van der Waals surface area contributed by atoms with E-state index in [1.54, 1.807) is 31.3 Å². The molecule has 6 heteroatoms. The molecule has 1 aromatic carbocycles. The topological polar surface area (TPSA) is 50.8 Å². The Labute approximate surface area is 130 Å². The third-order valence-electron chi connectivity index (χ3n) is 3.69. The number of hydrogen-bond acceptors (Lipinski definition) is 4. The monoisotopic (exact) mass is 312 g/mol. The Morgan fingerprint density at radius 2 is 1.95 bits per heavy atom. The van der Waals surface area contributed by atoms with Gasteiger partial charge in [0.15, 0.2) is 0 Å². The molecule has 2 unspecified atom stereocenters. The van der Waals surface area contributed by atoms with Crippen molar-refractivity contribution in [1.82, 2.24) is 4.90 Å². The molecule has 21 heavy (non-hydrogen) atoms. The average molecular weight is 313 g/mol. The molecule has 1 amide bonds. The Balaban J connectivity index is 2.22. The minimum Gasteiger partial charge on any atom is -0.385 e. The van der Waals surface area contributed by atoms with Crippen LogP contribution in [0.1, 0.15) is 17.3 Å². The van der Waals surface area contributed by atoms with Gasteiger partial charge in [-0.25, -0.2) is 0 Å². The fourth-order valence-electron chi connectivity index (χ4n) is 2.57. The van der Waals surface area contributed by atoms with Crippen molar-refractivity contribution >= 4 is 23.2 Å². The van der Waals surface area contributed by atoms with Crippen molar-refractivity contribution in [2.45, 2.75) is 19.1 Å². The van der Waals surface area contributed by atoms with Crippen LogP contribution in [0.3, 0.4) is 0 Å². The largest absolute Gasteiger partial charge is 0.385 e. The first kappa shape index (κ1) is 16.1. The molecule has 1 N–H and O–H groups in total. The number of benzene rings is 1. The van der Waals surface area contributed by atoms with Gasteiger partial charge >= 0.3 is 0 Å². The number of ether oxygens (including phenoxy) is 2. The fraction of sp³-hybridized carbons (Fsp3) is 0.533. The van der Waals surface area contributed by atoms with Gasteiger partial charge in [0.1, 0.15) is 12.2 Å². The van der Waals surface area contributed by atoms with Crippen molar-refractivity contribution in [1.29, 1.82) is 0 Å². The van der Waals surface area contributed by atoms with E-state index in [0.717, 1.165) is 12.2 Å². The van der Waals surface area contributed by atoms with Crippen molar-refractivity contribution in [3.05, 3.63) is 28.8 Å². The molecule has 5 nitrogen and oxygen atoms in total. The molecule has 0 radical (unpaired) electrons. The second-order valence-corrected chi connectivity index (χ2v) is 5.42. The molecule has 2 atom stereocenters. The molecule has 2 rings (SSSR count). The predicted molar refractivity (Wildman–Crippen MR) is 83.1 cm³/mol. The zero-order chi connectivity index (χ0) is 15.4. The molecule has 0 spiro atoms. The van der Waals surface area contributed by atoms with Gasteiger partial charge in [-0.15, -0.1) is 0 Å². The van der Waals surface area contributed by atoms with Gasteiger partial charge in [-0.2, -0.15) is 0 Å². The van der Waals surface area contributed by atoms with Crippen LogP contribution in [0.5, 0.6) is 0 Å². The average Bonchev–Trinajstić information content (AvgIpc) is 2.92. The molecule has 0 aromatic heterocycles. The first-order valence-corrected chi connectivity index (χ1v) is 7.36. The van der Waals surface area contributed by atoms with E-state index in [1.165, 1.54) is 0 Å². The van der Waals surface area contributed by atoms with Crippen LogP contribution in [-0.2, 0) is 9.47 Å². The summed E-state index contributed by atoms with van der Waals surface area (Å²) in [5.41, 5.74) is 1.37. The van der Waals surface area contributed by atoms with Crippen LogP contribution >= 0.6 is 11.6 Å². The molecule has 1 fully saturated rings. The smallest absolute Gasteiger partial charge is 0.256 e. The normalized spacial score (nSPS) is 21.6. The lowest BCUT2D eigenvalue weighted by Crippen LogP contribution is -2.30. The maximum absolute atomic E-state index is 12.7. The van der Waals surface area contributed by atoms with Gasteiger partial charge in [0.05, 0.1) is 5.56 Å². The molecule has 1 aromatic rings. The first-order chi connectivity index (χ1) is 10.1. The minimum absolute atomic E-state index is 0.0601. The summed E-state index contributed by atoms with van der Waals surface area (Å²) in [4.78, 5) is 14.5. The number of anilines is 1. The van der Waals surface area contributed by atoms with Crippen LogP contribution in [-0.4, -0.2) is 56.9 Å². The van der Waals surface area contributed by atoms with E-state index in [9.17, 15) is 4.79 Å². The van der Waals surface area contributed by atoms with E-state index in [2.05, 4.69) is 5.32 Å². The van der Waals surface area contributed by atoms with Crippen LogP contribution in [0.25, 0.3) is 0 Å². The van der Waals surface area contributed by atoms with E-state index < -0.39 is 0 Å². The summed E-state index contributed by atoms with van der Waals surface area (Å²) < 4.78 is 10.7. The third kappa shape index (κ3) is 3.48. The molecule has 116 valence electrons. The number of halogens is 1. The lowest BCUT2D eigenvalue weighted by molar-refractivity contribution is -0.00461. The number of carbonyl (C=O) groups is 1. The maximum atomic E-state index is 12.7. The van der Waals surface area contributed by atoms with Crippen molar-refractivity contribution in [3.63, 3.8) is 0 Å². The number of amides is 1. The van der Waals surface area contributed by atoms with Crippen LogP contribution in [0.4, 0.5) is 5.69 Å². The van der Waals surface area contributed by atoms with Crippen molar-refractivity contribution in [3.8, 4) is 0 Å². The molecule has 1 aliphatic rings. The summed E-state index contributed by atoms with van der Waals surface area (Å²) in [5, 5.41) is 3.74. The fourth-order valence-corrected chi connectivity index (χ4v) is 2.74. The summed E-state index contributed by atoms with van der Waals surface area (Å²) in [7, 11) is 3.27. The highest BCUT2D eigenvalue weighted by atomic mass is 35.5.